The van der Waals surface area contributed by atoms with Gasteiger partial charge in [-0.1, -0.05) is 12.1 Å². The second-order valence-electron chi connectivity index (χ2n) is 4.89. The lowest BCUT2D eigenvalue weighted by molar-refractivity contribution is 0.641. The highest BCUT2D eigenvalue weighted by atomic mass is 32.2. The van der Waals surface area contributed by atoms with Crippen molar-refractivity contribution >= 4 is 23.1 Å². The fourth-order valence-electron chi connectivity index (χ4n) is 1.96. The van der Waals surface area contributed by atoms with E-state index in [1.807, 2.05) is 28.0 Å². The Morgan fingerprint density at radius 1 is 1.32 bits per heavy atom. The molecule has 114 valence electrons. The van der Waals surface area contributed by atoms with Crippen molar-refractivity contribution in [3.05, 3.63) is 41.6 Å². The predicted molar refractivity (Wildman–Crippen MR) is 88.9 cm³/mol. The molecule has 0 N–H and O–H groups in total. The van der Waals surface area contributed by atoms with Crippen molar-refractivity contribution in [1.29, 1.82) is 0 Å². The minimum absolute atomic E-state index is 0.549. The average Bonchev–Trinajstić information content (AvgIpc) is 3.18. The Kier molecular flexibility index (Phi) is 4.79. The van der Waals surface area contributed by atoms with Crippen LogP contribution in [0.5, 0.6) is 0 Å². The molecule has 0 spiro atoms. The highest BCUT2D eigenvalue weighted by Gasteiger charge is 2.09. The van der Waals surface area contributed by atoms with Gasteiger partial charge in [-0.05, 0) is 6.26 Å². The van der Waals surface area contributed by atoms with Gasteiger partial charge in [-0.25, -0.2) is 9.67 Å². The van der Waals surface area contributed by atoms with E-state index >= 15 is 0 Å². The maximum Gasteiger partial charge on any atom is 0.143 e. The maximum atomic E-state index is 4.59. The van der Waals surface area contributed by atoms with Crippen molar-refractivity contribution in [3.63, 3.8) is 0 Å². The molecule has 0 saturated heterocycles. The summed E-state index contributed by atoms with van der Waals surface area (Å²) < 4.78 is 1.83. The third-order valence-corrected chi connectivity index (χ3v) is 5.03. The maximum absolute atomic E-state index is 4.59. The number of hydrogen-bond donors (Lipinski definition) is 0. The van der Waals surface area contributed by atoms with Gasteiger partial charge >= 0.3 is 0 Å². The molecule has 0 aliphatic rings. The lowest BCUT2D eigenvalue weighted by Gasteiger charge is -2.03. The lowest BCUT2D eigenvalue weighted by atomic mass is 10.3. The molecule has 3 aromatic rings. The minimum atomic E-state index is 0.549. The average molecular weight is 332 g/mol. The van der Waals surface area contributed by atoms with Gasteiger partial charge in [-0.2, -0.15) is 11.8 Å². The molecule has 3 aromatic heterocycles. The van der Waals surface area contributed by atoms with Crippen LogP contribution >= 0.6 is 23.1 Å². The van der Waals surface area contributed by atoms with Crippen LogP contribution in [0, 0.1) is 0 Å². The molecule has 1 atom stereocenters. The van der Waals surface area contributed by atoms with Crippen LogP contribution < -0.4 is 0 Å². The zero-order valence-corrected chi connectivity index (χ0v) is 14.0. The standard InChI is InChI=1S/C14H16N6S2/c1-10(21-2)5-11-7-20(19-18-11)8-12-9-22-14(17-12)13-6-15-3-4-16-13/h3-4,6-7,9-10H,5,8H2,1-2H3/t10-/m0/s1. The van der Waals surface area contributed by atoms with E-state index in [9.17, 15) is 0 Å². The molecule has 3 heterocycles. The third kappa shape index (κ3) is 3.69. The van der Waals surface area contributed by atoms with E-state index in [-0.39, 0.29) is 0 Å². The van der Waals surface area contributed by atoms with Gasteiger partial charge in [0.15, 0.2) is 0 Å². The first-order valence-electron chi connectivity index (χ1n) is 6.87. The van der Waals surface area contributed by atoms with Crippen molar-refractivity contribution in [2.45, 2.75) is 25.1 Å². The van der Waals surface area contributed by atoms with E-state index in [4.69, 9.17) is 0 Å². The van der Waals surface area contributed by atoms with E-state index < -0.39 is 0 Å². The van der Waals surface area contributed by atoms with E-state index in [1.165, 1.54) is 0 Å². The number of rotatable bonds is 6. The number of thioether (sulfide) groups is 1. The van der Waals surface area contributed by atoms with Crippen LogP contribution in [-0.2, 0) is 13.0 Å². The number of aromatic nitrogens is 6. The number of hydrogen-bond acceptors (Lipinski definition) is 7. The number of nitrogens with zero attached hydrogens (tertiary/aromatic N) is 6. The van der Waals surface area contributed by atoms with Crippen LogP contribution in [-0.4, -0.2) is 41.5 Å². The van der Waals surface area contributed by atoms with Gasteiger partial charge in [-0.15, -0.1) is 16.4 Å². The molecule has 0 aliphatic carbocycles. The molecule has 0 saturated carbocycles. The molecule has 0 fully saturated rings. The molecule has 0 radical (unpaired) electrons. The fraction of sp³-hybridized carbons (Fsp3) is 0.357. The summed E-state index contributed by atoms with van der Waals surface area (Å²) in [5.74, 6) is 0. The SMILES string of the molecule is CS[C@@H](C)Cc1cn(Cc2csc(-c3cnccn3)n2)nn1. The second kappa shape index (κ2) is 6.97. The zero-order chi connectivity index (χ0) is 15.4. The van der Waals surface area contributed by atoms with Crippen molar-refractivity contribution < 1.29 is 0 Å². The van der Waals surface area contributed by atoms with Gasteiger partial charge < -0.3 is 0 Å². The smallest absolute Gasteiger partial charge is 0.143 e. The Balaban J connectivity index is 1.68. The molecular formula is C14H16N6S2. The largest absolute Gasteiger partial charge is 0.261 e. The van der Waals surface area contributed by atoms with Crippen LogP contribution in [0.1, 0.15) is 18.3 Å². The Hall–Kier alpha value is -1.80. The van der Waals surface area contributed by atoms with Crippen LogP contribution in [0.3, 0.4) is 0 Å². The Morgan fingerprint density at radius 3 is 3.00 bits per heavy atom. The normalized spacial score (nSPS) is 12.5. The van der Waals surface area contributed by atoms with E-state index in [1.54, 1.807) is 29.9 Å². The summed E-state index contributed by atoms with van der Waals surface area (Å²) in [7, 11) is 0. The third-order valence-electron chi connectivity index (χ3n) is 3.14. The number of thiazole rings is 1. The van der Waals surface area contributed by atoms with Crippen molar-refractivity contribution in [3.8, 4) is 10.7 Å². The Bertz CT molecular complexity index is 724. The predicted octanol–water partition coefficient (Wildman–Crippen LogP) is 2.53. The molecule has 8 heteroatoms. The first-order valence-corrected chi connectivity index (χ1v) is 9.04. The molecule has 6 nitrogen and oxygen atoms in total. The van der Waals surface area contributed by atoms with E-state index in [2.05, 4.69) is 38.4 Å². The van der Waals surface area contributed by atoms with E-state index in [0.717, 1.165) is 28.5 Å². The molecule has 0 aromatic carbocycles. The van der Waals surface area contributed by atoms with Crippen molar-refractivity contribution in [2.24, 2.45) is 0 Å². The van der Waals surface area contributed by atoms with Gasteiger partial charge in [0.05, 0.1) is 24.1 Å². The highest BCUT2D eigenvalue weighted by Crippen LogP contribution is 2.21. The summed E-state index contributed by atoms with van der Waals surface area (Å²) in [5.41, 5.74) is 2.78. The molecular weight excluding hydrogens is 316 g/mol. The molecule has 0 unspecified atom stereocenters. The van der Waals surface area contributed by atoms with Gasteiger partial charge in [0.25, 0.3) is 0 Å². The highest BCUT2D eigenvalue weighted by molar-refractivity contribution is 7.99. The quantitative estimate of drug-likeness (QED) is 0.691. The molecule has 0 amide bonds. The molecule has 0 aliphatic heterocycles. The molecule has 22 heavy (non-hydrogen) atoms. The van der Waals surface area contributed by atoms with E-state index in [0.29, 0.717) is 11.8 Å². The fourth-order valence-corrected chi connectivity index (χ4v) is 3.07. The second-order valence-corrected chi connectivity index (χ2v) is 7.03. The zero-order valence-electron chi connectivity index (χ0n) is 12.4. The molecule has 3 rings (SSSR count). The van der Waals surface area contributed by atoms with Gasteiger partial charge in [0, 0.05) is 35.6 Å². The van der Waals surface area contributed by atoms with Crippen molar-refractivity contribution in [1.82, 2.24) is 29.9 Å². The van der Waals surface area contributed by atoms with Crippen molar-refractivity contribution in [2.75, 3.05) is 6.26 Å². The Morgan fingerprint density at radius 2 is 2.23 bits per heavy atom. The first kappa shape index (κ1) is 15.1. The van der Waals surface area contributed by atoms with Gasteiger partial charge in [-0.3, -0.25) is 9.97 Å². The Labute approximate surface area is 137 Å². The summed E-state index contributed by atoms with van der Waals surface area (Å²) in [5, 5.41) is 11.8. The minimum Gasteiger partial charge on any atom is -0.261 e. The topological polar surface area (TPSA) is 69.4 Å². The monoisotopic (exact) mass is 332 g/mol. The van der Waals surface area contributed by atoms with Crippen LogP contribution in [0.4, 0.5) is 0 Å². The molecule has 0 bridgehead atoms. The van der Waals surface area contributed by atoms with Crippen LogP contribution in [0.2, 0.25) is 0 Å². The summed E-state index contributed by atoms with van der Waals surface area (Å²) in [6.45, 7) is 2.81. The summed E-state index contributed by atoms with van der Waals surface area (Å²) >= 11 is 3.40. The first-order chi connectivity index (χ1) is 10.7. The van der Waals surface area contributed by atoms with Gasteiger partial charge in [0.2, 0.25) is 0 Å². The van der Waals surface area contributed by atoms with Crippen LogP contribution in [0.25, 0.3) is 10.7 Å². The van der Waals surface area contributed by atoms with Gasteiger partial charge in [0.1, 0.15) is 10.7 Å². The lowest BCUT2D eigenvalue weighted by Crippen LogP contribution is -2.01. The van der Waals surface area contributed by atoms with Crippen LogP contribution in [0.15, 0.2) is 30.2 Å². The summed E-state index contributed by atoms with van der Waals surface area (Å²) in [6.07, 6.45) is 10.1. The summed E-state index contributed by atoms with van der Waals surface area (Å²) in [4.78, 5) is 12.9. The summed E-state index contributed by atoms with van der Waals surface area (Å²) in [6, 6.07) is 0.